The molecule has 0 fully saturated rings. The Hall–Kier alpha value is -2.73. The highest BCUT2D eigenvalue weighted by Gasteiger charge is 2.42. The Kier molecular flexibility index (Phi) is 5.03. The smallest absolute Gasteiger partial charge is 0.240 e. The maximum Gasteiger partial charge on any atom is 0.240 e. The molecule has 0 saturated carbocycles. The van der Waals surface area contributed by atoms with Crippen molar-refractivity contribution in [1.29, 1.82) is 0 Å². The van der Waals surface area contributed by atoms with Gasteiger partial charge in [-0.05, 0) is 53.2 Å². The number of carbonyl (C=O) groups is 1. The van der Waals surface area contributed by atoms with Crippen LogP contribution in [-0.4, -0.2) is 27.2 Å². The van der Waals surface area contributed by atoms with Gasteiger partial charge in [0.2, 0.25) is 5.91 Å². The third kappa shape index (κ3) is 3.19. The maximum absolute atomic E-state index is 12.7. The van der Waals surface area contributed by atoms with E-state index in [0.717, 1.165) is 25.1 Å². The lowest BCUT2D eigenvalue weighted by Crippen LogP contribution is -2.40. The third-order valence-corrected chi connectivity index (χ3v) is 6.91. The number of H-pyrrole nitrogens is 1. The van der Waals surface area contributed by atoms with E-state index in [0.29, 0.717) is 29.1 Å². The second-order valence-corrected chi connectivity index (χ2v) is 8.76. The Morgan fingerprint density at radius 2 is 1.77 bits per heavy atom. The normalized spacial score (nSPS) is 21.2. The van der Waals surface area contributed by atoms with Crippen LogP contribution >= 0.6 is 12.2 Å². The fraction of sp³-hybridized carbons (Fsp3) is 0.375. The van der Waals surface area contributed by atoms with Crippen LogP contribution in [0.5, 0.6) is 0 Å². The van der Waals surface area contributed by atoms with Crippen molar-refractivity contribution in [1.82, 2.24) is 20.1 Å². The van der Waals surface area contributed by atoms with Gasteiger partial charge in [-0.3, -0.25) is 14.5 Å². The van der Waals surface area contributed by atoms with Gasteiger partial charge in [0, 0.05) is 24.8 Å². The summed E-state index contributed by atoms with van der Waals surface area (Å²) in [6.07, 6.45) is 2.84. The van der Waals surface area contributed by atoms with Crippen LogP contribution in [0.2, 0.25) is 0 Å². The Morgan fingerprint density at radius 1 is 1.13 bits per heavy atom. The molecule has 0 unspecified atom stereocenters. The number of nitrogens with zero attached hydrogens (tertiary/aromatic N) is 2. The zero-order valence-electron chi connectivity index (χ0n) is 17.1. The van der Waals surface area contributed by atoms with Gasteiger partial charge in [0.15, 0.2) is 4.77 Å². The lowest BCUT2D eigenvalue weighted by Gasteiger charge is -2.45. The van der Waals surface area contributed by atoms with E-state index in [9.17, 15) is 4.79 Å². The topological polar surface area (TPSA) is 62.7 Å². The van der Waals surface area contributed by atoms with Gasteiger partial charge < -0.3 is 5.32 Å². The molecule has 1 aromatic heterocycles. The number of amides is 1. The van der Waals surface area contributed by atoms with Gasteiger partial charge in [-0.25, -0.2) is 0 Å². The highest BCUT2D eigenvalue weighted by molar-refractivity contribution is 7.71. The molecule has 3 aliphatic carbocycles. The van der Waals surface area contributed by atoms with Crippen molar-refractivity contribution in [2.24, 2.45) is 5.92 Å². The van der Waals surface area contributed by atoms with Crippen molar-refractivity contribution < 1.29 is 4.79 Å². The minimum atomic E-state index is -0.00660. The number of rotatable bonds is 6. The molecule has 0 aliphatic heterocycles. The van der Waals surface area contributed by atoms with Gasteiger partial charge >= 0.3 is 0 Å². The second kappa shape index (κ2) is 7.84. The summed E-state index contributed by atoms with van der Waals surface area (Å²) in [5.41, 5.74) is 5.76. The summed E-state index contributed by atoms with van der Waals surface area (Å²) < 4.78 is 2.32. The first-order chi connectivity index (χ1) is 14.7. The fourth-order valence-corrected chi connectivity index (χ4v) is 5.55. The van der Waals surface area contributed by atoms with Crippen LogP contribution in [-0.2, 0) is 17.8 Å². The summed E-state index contributed by atoms with van der Waals surface area (Å²) in [7, 11) is 0. The highest BCUT2D eigenvalue weighted by atomic mass is 32.1. The van der Waals surface area contributed by atoms with Gasteiger partial charge in [-0.1, -0.05) is 55.5 Å². The molecular weight excluding hydrogens is 392 g/mol. The Balaban J connectivity index is 1.34. The Bertz CT molecular complexity index is 1100. The highest BCUT2D eigenvalue weighted by Crippen LogP contribution is 2.55. The predicted molar refractivity (Wildman–Crippen MR) is 119 cm³/mol. The first-order valence-electron chi connectivity index (χ1n) is 10.8. The monoisotopic (exact) mass is 418 g/mol. The van der Waals surface area contributed by atoms with Crippen LogP contribution in [0.4, 0.5) is 0 Å². The molecule has 6 rings (SSSR count). The number of carbonyl (C=O) groups excluding carboxylic acids is 1. The van der Waals surface area contributed by atoms with E-state index in [4.69, 9.17) is 12.2 Å². The molecule has 2 N–H and O–H groups in total. The molecule has 2 bridgehead atoms. The van der Waals surface area contributed by atoms with Gasteiger partial charge in [0.1, 0.15) is 12.4 Å². The molecule has 3 aliphatic rings. The molecule has 6 heteroatoms. The molecule has 30 heavy (non-hydrogen) atoms. The van der Waals surface area contributed by atoms with Crippen LogP contribution in [0.1, 0.15) is 59.7 Å². The summed E-state index contributed by atoms with van der Waals surface area (Å²) in [5, 5.41) is 10.3. The molecule has 2 aromatic carbocycles. The van der Waals surface area contributed by atoms with Crippen LogP contribution in [0.3, 0.4) is 0 Å². The summed E-state index contributed by atoms with van der Waals surface area (Å²) in [5.74, 6) is 2.00. The molecule has 1 atom stereocenters. The van der Waals surface area contributed by atoms with E-state index in [2.05, 4.69) is 71.0 Å². The van der Waals surface area contributed by atoms with Crippen molar-refractivity contribution in [2.45, 2.75) is 44.6 Å². The maximum atomic E-state index is 12.7. The first kappa shape index (κ1) is 19.2. The number of aromatic amines is 1. The van der Waals surface area contributed by atoms with Gasteiger partial charge in [-0.2, -0.15) is 5.10 Å². The molecular formula is C24H26N4OS. The zero-order chi connectivity index (χ0) is 20.7. The molecule has 3 aromatic rings. The summed E-state index contributed by atoms with van der Waals surface area (Å²) >= 11 is 5.31. The average Bonchev–Trinajstić information content (AvgIpc) is 3.12. The van der Waals surface area contributed by atoms with E-state index in [-0.39, 0.29) is 12.5 Å². The van der Waals surface area contributed by atoms with Crippen LogP contribution in [0.25, 0.3) is 0 Å². The van der Waals surface area contributed by atoms with Crippen molar-refractivity contribution in [3.05, 3.63) is 81.4 Å². The summed E-state index contributed by atoms with van der Waals surface area (Å²) in [4.78, 5) is 12.7. The molecule has 1 heterocycles. The fourth-order valence-electron chi connectivity index (χ4n) is 5.33. The van der Waals surface area contributed by atoms with Gasteiger partial charge in [0.25, 0.3) is 0 Å². The van der Waals surface area contributed by atoms with Crippen LogP contribution in [0.15, 0.2) is 48.5 Å². The molecule has 5 nitrogen and oxygen atoms in total. The predicted octanol–water partition coefficient (Wildman–Crippen LogP) is 4.31. The van der Waals surface area contributed by atoms with E-state index in [1.54, 1.807) is 0 Å². The summed E-state index contributed by atoms with van der Waals surface area (Å²) in [6, 6.07) is 17.6. The molecule has 0 radical (unpaired) electrons. The van der Waals surface area contributed by atoms with Gasteiger partial charge in [0.05, 0.1) is 0 Å². The minimum Gasteiger partial charge on any atom is -0.354 e. The second-order valence-electron chi connectivity index (χ2n) is 8.37. The zero-order valence-corrected chi connectivity index (χ0v) is 17.9. The first-order valence-corrected chi connectivity index (χ1v) is 11.2. The molecule has 0 saturated heterocycles. The quantitative estimate of drug-likeness (QED) is 0.587. The van der Waals surface area contributed by atoms with Crippen molar-refractivity contribution in [2.75, 3.05) is 6.54 Å². The van der Waals surface area contributed by atoms with Crippen molar-refractivity contribution in [3.8, 4) is 0 Å². The number of benzene rings is 2. The average molecular weight is 419 g/mol. The SMILES string of the molecule is CCCc1n[nH]c(=S)n1CC(=O)NC[C@@H]1CC2c3ccccc3C1c1ccccc12. The van der Waals surface area contributed by atoms with E-state index in [1.165, 1.54) is 22.3 Å². The number of hydrogen-bond acceptors (Lipinski definition) is 3. The van der Waals surface area contributed by atoms with Crippen molar-refractivity contribution in [3.63, 3.8) is 0 Å². The lowest BCUT2D eigenvalue weighted by molar-refractivity contribution is -0.122. The largest absolute Gasteiger partial charge is 0.354 e. The third-order valence-electron chi connectivity index (χ3n) is 6.60. The number of aryl methyl sites for hydroxylation is 1. The number of aromatic nitrogens is 3. The van der Waals surface area contributed by atoms with E-state index < -0.39 is 0 Å². The minimum absolute atomic E-state index is 0.00660. The number of hydrogen-bond donors (Lipinski definition) is 2. The standard InChI is InChI=1S/C24H26N4OS/c1-2-7-21-26-27-24(30)28(21)14-22(29)25-13-15-12-20-16-8-3-5-10-18(16)23(15)19-11-6-4-9-17(19)20/h3-6,8-11,15,20,23H,2,7,12-14H2,1H3,(H,25,29)(H,27,30)/t15-,20?,23?/m0/s1. The Morgan fingerprint density at radius 3 is 2.40 bits per heavy atom. The van der Waals surface area contributed by atoms with E-state index >= 15 is 0 Å². The van der Waals surface area contributed by atoms with Crippen molar-refractivity contribution >= 4 is 18.1 Å². The number of fused-ring (bicyclic) bond motifs is 1. The summed E-state index contributed by atoms with van der Waals surface area (Å²) in [6.45, 7) is 2.99. The lowest BCUT2D eigenvalue weighted by atomic mass is 9.59. The molecule has 0 spiro atoms. The van der Waals surface area contributed by atoms with Crippen LogP contribution in [0, 0.1) is 10.7 Å². The van der Waals surface area contributed by atoms with Gasteiger partial charge in [-0.15, -0.1) is 0 Å². The molecule has 1 amide bonds. The van der Waals surface area contributed by atoms with E-state index in [1.807, 2.05) is 4.57 Å². The Labute approximate surface area is 181 Å². The molecule has 154 valence electrons. The van der Waals surface area contributed by atoms with Crippen LogP contribution < -0.4 is 5.32 Å². The number of nitrogens with one attached hydrogen (secondary N) is 2.